The molecule has 0 fully saturated rings. The maximum Gasteiger partial charge on any atom is 0.290 e. The molecule has 0 bridgehead atoms. The summed E-state index contributed by atoms with van der Waals surface area (Å²) in [6.45, 7) is 6.33. The van der Waals surface area contributed by atoms with Gasteiger partial charge in [-0.25, -0.2) is 0 Å². The lowest BCUT2D eigenvalue weighted by Crippen LogP contribution is -2.25. The van der Waals surface area contributed by atoms with Crippen molar-refractivity contribution in [1.82, 2.24) is 0 Å². The molecule has 2 rings (SSSR count). The van der Waals surface area contributed by atoms with Gasteiger partial charge in [-0.1, -0.05) is 30.7 Å². The Morgan fingerprint density at radius 3 is 2.42 bits per heavy atom. The Bertz CT molecular complexity index is 616. The molecular weight excluding hydrogens is 322 g/mol. The molecule has 0 saturated heterocycles. The molecule has 0 heterocycles. The van der Waals surface area contributed by atoms with Crippen LogP contribution in [0.1, 0.15) is 25.8 Å². The van der Waals surface area contributed by atoms with E-state index in [0.29, 0.717) is 6.04 Å². The summed E-state index contributed by atoms with van der Waals surface area (Å²) in [4.78, 5) is 9.61. The highest BCUT2D eigenvalue weighted by molar-refractivity contribution is 8.00. The lowest BCUT2D eigenvalue weighted by atomic mass is 10.2. The van der Waals surface area contributed by atoms with Crippen LogP contribution in [-0.2, 0) is 4.79 Å². The third-order valence-corrected chi connectivity index (χ3v) is 4.77. The minimum atomic E-state index is -0.250. The van der Waals surface area contributed by atoms with Gasteiger partial charge in [-0.3, -0.25) is 4.79 Å². The van der Waals surface area contributed by atoms with Crippen molar-refractivity contribution in [2.24, 2.45) is 0 Å². The molecule has 0 spiro atoms. The van der Waals surface area contributed by atoms with E-state index in [4.69, 9.17) is 14.6 Å². The van der Waals surface area contributed by atoms with Crippen LogP contribution in [0.25, 0.3) is 0 Å². The molecule has 1 N–H and O–H groups in total. The van der Waals surface area contributed by atoms with E-state index in [1.807, 2.05) is 12.1 Å². The first-order chi connectivity index (χ1) is 11.5. The monoisotopic (exact) mass is 347 g/mol. The number of hydrogen-bond acceptors (Lipinski definition) is 4. The Kier molecular flexibility index (Phi) is 8.79. The molecule has 0 saturated carbocycles. The van der Waals surface area contributed by atoms with Crippen LogP contribution >= 0.6 is 11.9 Å². The second-order valence-corrected chi connectivity index (χ2v) is 6.34. The topological polar surface area (TPSA) is 49.8 Å². The summed E-state index contributed by atoms with van der Waals surface area (Å²) in [6, 6.07) is 17.4. The predicted molar refractivity (Wildman–Crippen MR) is 101 cm³/mol. The molecule has 130 valence electrons. The molecular formula is C19H25NO3S. The second-order valence-electron chi connectivity index (χ2n) is 5.29. The zero-order valence-electron chi connectivity index (χ0n) is 14.6. The van der Waals surface area contributed by atoms with E-state index in [-0.39, 0.29) is 6.47 Å². The van der Waals surface area contributed by atoms with Gasteiger partial charge in [0.1, 0.15) is 5.75 Å². The smallest absolute Gasteiger partial charge is 0.290 e. The van der Waals surface area contributed by atoms with Crippen molar-refractivity contribution in [3.63, 3.8) is 0 Å². The Morgan fingerprint density at radius 1 is 1.25 bits per heavy atom. The summed E-state index contributed by atoms with van der Waals surface area (Å²) in [5.41, 5.74) is 2.46. The van der Waals surface area contributed by atoms with Crippen LogP contribution in [0.15, 0.2) is 53.4 Å². The largest absolute Gasteiger partial charge is 0.497 e. The maximum atomic E-state index is 8.36. The summed E-state index contributed by atoms with van der Waals surface area (Å²) in [6.07, 6.45) is 1.09. The summed E-state index contributed by atoms with van der Waals surface area (Å²) in [7, 11) is 1.71. The fraction of sp³-hybridized carbons (Fsp3) is 0.316. The molecule has 2 aromatic rings. The van der Waals surface area contributed by atoms with Crippen molar-refractivity contribution in [2.45, 2.75) is 38.1 Å². The number of hydrogen-bond donors (Lipinski definition) is 1. The van der Waals surface area contributed by atoms with E-state index in [1.165, 1.54) is 16.1 Å². The number of anilines is 1. The number of nitrogens with zero attached hydrogens (tertiary/aromatic N) is 1. The number of carboxylic acid groups (broad SMARTS) is 1. The summed E-state index contributed by atoms with van der Waals surface area (Å²) in [5, 5.41) is 6.89. The molecule has 24 heavy (non-hydrogen) atoms. The average Bonchev–Trinajstić information content (AvgIpc) is 2.61. The van der Waals surface area contributed by atoms with Crippen LogP contribution in [0.4, 0.5) is 5.69 Å². The zero-order chi connectivity index (χ0) is 17.9. The normalized spacial score (nSPS) is 11.0. The Morgan fingerprint density at radius 2 is 1.88 bits per heavy atom. The van der Waals surface area contributed by atoms with E-state index < -0.39 is 0 Å². The molecule has 1 unspecified atom stereocenters. The zero-order valence-corrected chi connectivity index (χ0v) is 15.4. The Labute approximate surface area is 148 Å². The molecule has 1 atom stereocenters. The highest BCUT2D eigenvalue weighted by atomic mass is 32.2. The SMILES string of the molecule is CCC(C)N(Sc1ccc(C)cc1)c1cccc(OC)c1.O=CO. The average molecular weight is 347 g/mol. The van der Waals surface area contributed by atoms with Gasteiger partial charge in [-0.15, -0.1) is 0 Å². The summed E-state index contributed by atoms with van der Waals surface area (Å²) in [5.74, 6) is 0.894. The van der Waals surface area contributed by atoms with Crippen molar-refractivity contribution < 1.29 is 14.6 Å². The maximum absolute atomic E-state index is 8.36. The standard InChI is InChI=1S/C18H23NOS.CH2O2/c1-5-15(3)19(16-7-6-8-17(13-16)20-4)21-18-11-9-14(2)10-12-18;2-1-3/h6-13,15H,5H2,1-4H3;1H,(H,2,3). The van der Waals surface area contributed by atoms with E-state index in [9.17, 15) is 0 Å². The van der Waals surface area contributed by atoms with Crippen LogP contribution in [0.3, 0.4) is 0 Å². The van der Waals surface area contributed by atoms with Gasteiger partial charge in [0.2, 0.25) is 0 Å². The Balaban J connectivity index is 0.000000891. The summed E-state index contributed by atoms with van der Waals surface area (Å²) >= 11 is 1.78. The third-order valence-electron chi connectivity index (χ3n) is 3.52. The van der Waals surface area contributed by atoms with Crippen LogP contribution in [-0.4, -0.2) is 24.7 Å². The van der Waals surface area contributed by atoms with Crippen molar-refractivity contribution in [3.05, 3.63) is 54.1 Å². The Hall–Kier alpha value is -2.14. The van der Waals surface area contributed by atoms with Crippen molar-refractivity contribution in [2.75, 3.05) is 11.4 Å². The fourth-order valence-corrected chi connectivity index (χ4v) is 3.06. The molecule has 0 radical (unpaired) electrons. The third kappa shape index (κ3) is 6.16. The van der Waals surface area contributed by atoms with E-state index in [2.05, 4.69) is 61.5 Å². The first-order valence-electron chi connectivity index (χ1n) is 7.81. The van der Waals surface area contributed by atoms with E-state index in [0.717, 1.165) is 12.2 Å². The van der Waals surface area contributed by atoms with Crippen LogP contribution in [0.5, 0.6) is 5.75 Å². The number of carbonyl (C=O) groups is 1. The van der Waals surface area contributed by atoms with Gasteiger partial charge in [-0.2, -0.15) is 0 Å². The van der Waals surface area contributed by atoms with Gasteiger partial charge in [0, 0.05) is 17.0 Å². The first-order valence-corrected chi connectivity index (χ1v) is 8.58. The van der Waals surface area contributed by atoms with Crippen LogP contribution in [0, 0.1) is 6.92 Å². The minimum absolute atomic E-state index is 0.250. The lowest BCUT2D eigenvalue weighted by molar-refractivity contribution is -0.122. The molecule has 0 aliphatic rings. The van der Waals surface area contributed by atoms with Gasteiger partial charge < -0.3 is 14.1 Å². The number of aryl methyl sites for hydroxylation is 1. The fourth-order valence-electron chi connectivity index (χ4n) is 2.02. The van der Waals surface area contributed by atoms with E-state index in [1.54, 1.807) is 19.1 Å². The number of rotatable bonds is 6. The van der Waals surface area contributed by atoms with Crippen molar-refractivity contribution in [3.8, 4) is 5.75 Å². The quantitative estimate of drug-likeness (QED) is 0.587. The highest BCUT2D eigenvalue weighted by Crippen LogP contribution is 2.33. The molecule has 4 nitrogen and oxygen atoms in total. The highest BCUT2D eigenvalue weighted by Gasteiger charge is 2.15. The number of ether oxygens (including phenoxy) is 1. The van der Waals surface area contributed by atoms with Crippen LogP contribution in [0.2, 0.25) is 0 Å². The molecule has 0 amide bonds. The van der Waals surface area contributed by atoms with Crippen molar-refractivity contribution >= 4 is 24.1 Å². The van der Waals surface area contributed by atoms with E-state index >= 15 is 0 Å². The predicted octanol–water partition coefficient (Wildman–Crippen LogP) is 5.02. The van der Waals surface area contributed by atoms with Gasteiger partial charge in [0.05, 0.1) is 12.8 Å². The van der Waals surface area contributed by atoms with Gasteiger partial charge in [0.15, 0.2) is 0 Å². The van der Waals surface area contributed by atoms with Gasteiger partial charge in [-0.05, 0) is 56.5 Å². The first kappa shape index (κ1) is 19.9. The number of methoxy groups -OCH3 is 1. The summed E-state index contributed by atoms with van der Waals surface area (Å²) < 4.78 is 7.70. The molecule has 0 aliphatic heterocycles. The van der Waals surface area contributed by atoms with Crippen molar-refractivity contribution in [1.29, 1.82) is 0 Å². The molecule has 2 aromatic carbocycles. The lowest BCUT2D eigenvalue weighted by Gasteiger charge is -2.29. The van der Waals surface area contributed by atoms with Gasteiger partial charge in [0.25, 0.3) is 6.47 Å². The number of benzene rings is 2. The van der Waals surface area contributed by atoms with Gasteiger partial charge >= 0.3 is 0 Å². The molecule has 0 aliphatic carbocycles. The minimum Gasteiger partial charge on any atom is -0.497 e. The molecule has 0 aromatic heterocycles. The van der Waals surface area contributed by atoms with Crippen LogP contribution < -0.4 is 9.04 Å². The molecule has 5 heteroatoms. The second kappa shape index (κ2) is 10.6.